The van der Waals surface area contributed by atoms with Gasteiger partial charge in [0.2, 0.25) is 0 Å². The minimum Gasteiger partial charge on any atom is -0.485 e. The van der Waals surface area contributed by atoms with E-state index in [9.17, 15) is 9.18 Å². The van der Waals surface area contributed by atoms with Crippen LogP contribution in [0, 0.1) is 19.7 Å². The van der Waals surface area contributed by atoms with Gasteiger partial charge in [0.15, 0.2) is 5.76 Å². The molecule has 6 nitrogen and oxygen atoms in total. The Balaban J connectivity index is 1.36. The molecule has 1 N–H and O–H groups in total. The first-order chi connectivity index (χ1) is 15.4. The van der Waals surface area contributed by atoms with E-state index in [1.54, 1.807) is 29.1 Å². The third kappa shape index (κ3) is 5.00. The molecule has 0 radical (unpaired) electrons. The molecule has 2 aromatic carbocycles. The van der Waals surface area contributed by atoms with Gasteiger partial charge in [0, 0.05) is 11.2 Å². The van der Waals surface area contributed by atoms with Gasteiger partial charge in [-0.3, -0.25) is 9.48 Å². The van der Waals surface area contributed by atoms with Gasteiger partial charge in [-0.25, -0.2) is 4.39 Å². The Hall–Kier alpha value is -3.58. The fourth-order valence-electron chi connectivity index (χ4n) is 3.28. The Morgan fingerprint density at radius 2 is 1.97 bits per heavy atom. The number of aryl methyl sites for hydroxylation is 2. The Labute approximate surface area is 189 Å². The predicted octanol–water partition coefficient (Wildman–Crippen LogP) is 5.77. The second-order valence-electron chi connectivity index (χ2n) is 7.39. The molecule has 2 heterocycles. The summed E-state index contributed by atoms with van der Waals surface area (Å²) in [6.07, 6.45) is 3.18. The summed E-state index contributed by atoms with van der Waals surface area (Å²) in [5.74, 6) is 0.717. The number of nitrogens with zero attached hydrogens (tertiary/aromatic N) is 2. The molecule has 0 atom stereocenters. The van der Waals surface area contributed by atoms with Crippen LogP contribution in [-0.4, -0.2) is 15.7 Å². The quantitative estimate of drug-likeness (QED) is 0.386. The van der Waals surface area contributed by atoms with Gasteiger partial charge in [0.05, 0.1) is 18.4 Å². The standard InChI is InChI=1S/C24H21ClFN3O3/c1-15-4-3-5-16(2)23(15)31-14-20-8-9-22(32-20)24(30)28-19-11-27-29(13-19)12-17-6-7-18(26)10-21(17)25/h3-11,13H,12,14H2,1-2H3,(H,28,30). The van der Waals surface area contributed by atoms with Crippen LogP contribution in [0.15, 0.2) is 65.3 Å². The van der Waals surface area contributed by atoms with E-state index in [-0.39, 0.29) is 12.4 Å². The van der Waals surface area contributed by atoms with Crippen molar-refractivity contribution < 1.29 is 18.3 Å². The van der Waals surface area contributed by atoms with Crippen LogP contribution >= 0.6 is 11.6 Å². The van der Waals surface area contributed by atoms with Gasteiger partial charge in [-0.05, 0) is 54.8 Å². The number of nitrogens with one attached hydrogen (secondary N) is 1. The molecule has 0 spiro atoms. The molecule has 0 unspecified atom stereocenters. The summed E-state index contributed by atoms with van der Waals surface area (Å²) in [5.41, 5.74) is 3.29. The molecule has 8 heteroatoms. The first kappa shape index (κ1) is 21.6. The molecule has 0 aliphatic rings. The van der Waals surface area contributed by atoms with Crippen LogP contribution < -0.4 is 10.1 Å². The molecule has 164 valence electrons. The van der Waals surface area contributed by atoms with E-state index in [4.69, 9.17) is 20.8 Å². The smallest absolute Gasteiger partial charge is 0.291 e. The van der Waals surface area contributed by atoms with Crippen molar-refractivity contribution in [2.75, 3.05) is 5.32 Å². The first-order valence-electron chi connectivity index (χ1n) is 9.94. The topological polar surface area (TPSA) is 69.3 Å². The normalized spacial score (nSPS) is 10.9. The average molecular weight is 454 g/mol. The Morgan fingerprint density at radius 1 is 1.19 bits per heavy atom. The van der Waals surface area contributed by atoms with Crippen molar-refractivity contribution in [2.24, 2.45) is 0 Å². The third-order valence-electron chi connectivity index (χ3n) is 4.89. The van der Waals surface area contributed by atoms with E-state index < -0.39 is 11.7 Å². The summed E-state index contributed by atoms with van der Waals surface area (Å²) in [6.45, 7) is 4.52. The Kier molecular flexibility index (Phi) is 6.28. The van der Waals surface area contributed by atoms with E-state index in [2.05, 4.69) is 10.4 Å². The van der Waals surface area contributed by atoms with Gasteiger partial charge in [-0.1, -0.05) is 35.9 Å². The van der Waals surface area contributed by atoms with Crippen LogP contribution in [0.3, 0.4) is 0 Å². The number of hydrogen-bond donors (Lipinski definition) is 1. The minimum absolute atomic E-state index is 0.166. The molecule has 0 saturated heterocycles. The summed E-state index contributed by atoms with van der Waals surface area (Å²) in [5, 5.41) is 7.27. The number of amides is 1. The van der Waals surface area contributed by atoms with Crippen molar-refractivity contribution in [2.45, 2.75) is 27.0 Å². The Bertz CT molecular complexity index is 1240. The number of aromatic nitrogens is 2. The zero-order valence-corrected chi connectivity index (χ0v) is 18.3. The highest BCUT2D eigenvalue weighted by Gasteiger charge is 2.14. The highest BCUT2D eigenvalue weighted by molar-refractivity contribution is 6.31. The van der Waals surface area contributed by atoms with Crippen molar-refractivity contribution in [3.8, 4) is 5.75 Å². The fraction of sp³-hybridized carbons (Fsp3) is 0.167. The van der Waals surface area contributed by atoms with Crippen molar-refractivity contribution in [1.29, 1.82) is 0 Å². The molecule has 2 aromatic heterocycles. The van der Waals surface area contributed by atoms with Gasteiger partial charge in [0.25, 0.3) is 5.91 Å². The zero-order chi connectivity index (χ0) is 22.7. The van der Waals surface area contributed by atoms with Gasteiger partial charge in [0.1, 0.15) is 23.9 Å². The predicted molar refractivity (Wildman–Crippen MR) is 120 cm³/mol. The van der Waals surface area contributed by atoms with Gasteiger partial charge in [-0.15, -0.1) is 0 Å². The summed E-state index contributed by atoms with van der Waals surface area (Å²) >= 11 is 6.06. The molecule has 32 heavy (non-hydrogen) atoms. The lowest BCUT2D eigenvalue weighted by atomic mass is 10.1. The highest BCUT2D eigenvalue weighted by atomic mass is 35.5. The molecule has 4 rings (SSSR count). The zero-order valence-electron chi connectivity index (χ0n) is 17.6. The van der Waals surface area contributed by atoms with Gasteiger partial charge in [-0.2, -0.15) is 5.10 Å². The number of anilines is 1. The second kappa shape index (κ2) is 9.28. The lowest BCUT2D eigenvalue weighted by molar-refractivity contribution is 0.0992. The van der Waals surface area contributed by atoms with Crippen molar-refractivity contribution in [3.05, 3.63) is 100.0 Å². The minimum atomic E-state index is -0.400. The number of carbonyl (C=O) groups excluding carboxylic acids is 1. The van der Waals surface area contributed by atoms with Crippen LogP contribution in [0.4, 0.5) is 10.1 Å². The highest BCUT2D eigenvalue weighted by Crippen LogP contribution is 2.24. The van der Waals surface area contributed by atoms with Crippen LogP contribution in [-0.2, 0) is 13.2 Å². The largest absolute Gasteiger partial charge is 0.485 e. The van der Waals surface area contributed by atoms with E-state index in [1.165, 1.54) is 18.3 Å². The number of furan rings is 1. The number of rotatable bonds is 7. The van der Waals surface area contributed by atoms with E-state index in [1.807, 2.05) is 32.0 Å². The molecule has 0 bridgehead atoms. The summed E-state index contributed by atoms with van der Waals surface area (Å²) in [4.78, 5) is 12.5. The lowest BCUT2D eigenvalue weighted by Crippen LogP contribution is -2.10. The van der Waals surface area contributed by atoms with E-state index in [0.29, 0.717) is 28.6 Å². The lowest BCUT2D eigenvalue weighted by Gasteiger charge is -2.10. The maximum Gasteiger partial charge on any atom is 0.291 e. The molecule has 0 aliphatic heterocycles. The van der Waals surface area contributed by atoms with E-state index >= 15 is 0 Å². The van der Waals surface area contributed by atoms with E-state index in [0.717, 1.165) is 16.9 Å². The monoisotopic (exact) mass is 453 g/mol. The molecule has 0 saturated carbocycles. The average Bonchev–Trinajstić information content (AvgIpc) is 3.39. The molecular weight excluding hydrogens is 433 g/mol. The second-order valence-corrected chi connectivity index (χ2v) is 7.80. The van der Waals surface area contributed by atoms with Crippen LogP contribution in [0.2, 0.25) is 5.02 Å². The Morgan fingerprint density at radius 3 is 2.72 bits per heavy atom. The number of carbonyl (C=O) groups is 1. The number of halogens is 2. The SMILES string of the molecule is Cc1cccc(C)c1OCc1ccc(C(=O)Nc2cnn(Cc3ccc(F)cc3Cl)c2)o1. The summed E-state index contributed by atoms with van der Waals surface area (Å²) in [6, 6.07) is 13.4. The van der Waals surface area contributed by atoms with Gasteiger partial charge >= 0.3 is 0 Å². The number of benzene rings is 2. The van der Waals surface area contributed by atoms with Crippen LogP contribution in [0.5, 0.6) is 5.75 Å². The van der Waals surface area contributed by atoms with Crippen molar-refractivity contribution in [1.82, 2.24) is 9.78 Å². The van der Waals surface area contributed by atoms with Crippen LogP contribution in [0.25, 0.3) is 0 Å². The van der Waals surface area contributed by atoms with Crippen molar-refractivity contribution >= 4 is 23.2 Å². The van der Waals surface area contributed by atoms with Crippen molar-refractivity contribution in [3.63, 3.8) is 0 Å². The molecular formula is C24H21ClFN3O3. The van der Waals surface area contributed by atoms with Crippen LogP contribution in [0.1, 0.15) is 33.0 Å². The molecule has 1 amide bonds. The fourth-order valence-corrected chi connectivity index (χ4v) is 3.51. The maximum absolute atomic E-state index is 13.2. The number of para-hydroxylation sites is 1. The molecule has 0 fully saturated rings. The number of hydrogen-bond acceptors (Lipinski definition) is 4. The third-order valence-corrected chi connectivity index (χ3v) is 5.24. The van der Waals surface area contributed by atoms with Gasteiger partial charge < -0.3 is 14.5 Å². The molecule has 4 aromatic rings. The molecule has 0 aliphatic carbocycles. The summed E-state index contributed by atoms with van der Waals surface area (Å²) < 4.78 is 26.3. The maximum atomic E-state index is 13.2. The summed E-state index contributed by atoms with van der Waals surface area (Å²) in [7, 11) is 0. The number of ether oxygens (including phenoxy) is 1. The first-order valence-corrected chi connectivity index (χ1v) is 10.3.